The number of phenols is 2. The lowest BCUT2D eigenvalue weighted by Gasteiger charge is -2.27. The predicted molar refractivity (Wildman–Crippen MR) is 213 cm³/mol. The van der Waals surface area contributed by atoms with Crippen LogP contribution in [0.4, 0.5) is 0 Å². The zero-order chi connectivity index (χ0) is 36.6. The molecule has 0 radical (unpaired) electrons. The third-order valence-corrected chi connectivity index (χ3v) is 9.80. The summed E-state index contributed by atoms with van der Waals surface area (Å²) in [5.74, 6) is 14.7. The van der Waals surface area contributed by atoms with Gasteiger partial charge in [-0.25, -0.2) is 0 Å². The Bertz CT molecular complexity index is 2180. The Balaban J connectivity index is 1.50. The first-order valence-corrected chi connectivity index (χ1v) is 17.6. The quantitative estimate of drug-likeness (QED) is 0.126. The van der Waals surface area contributed by atoms with Crippen LogP contribution in [-0.4, -0.2) is 10.2 Å². The number of phenolic OH excluding ortho intramolecular Hbond substituents is 2. The van der Waals surface area contributed by atoms with Crippen molar-refractivity contribution in [2.45, 2.75) is 105 Å². The van der Waals surface area contributed by atoms with E-state index in [2.05, 4.69) is 155 Å². The molecule has 0 bridgehead atoms. The number of benzene rings is 6. The molecule has 0 aliphatic carbocycles. The van der Waals surface area contributed by atoms with Gasteiger partial charge in [0.05, 0.1) is 0 Å². The summed E-state index contributed by atoms with van der Waals surface area (Å²) in [6, 6.07) is 25.5. The average molecular weight is 659 g/mol. The Hall–Kier alpha value is -4.92. The van der Waals surface area contributed by atoms with Gasteiger partial charge in [-0.15, -0.1) is 0 Å². The van der Waals surface area contributed by atoms with Crippen LogP contribution in [0.5, 0.6) is 11.5 Å². The summed E-state index contributed by atoms with van der Waals surface area (Å²) in [5.41, 5.74) is 6.51. The molecule has 0 unspecified atom stereocenters. The zero-order valence-corrected chi connectivity index (χ0v) is 31.8. The maximum Gasteiger partial charge on any atom is 0.123 e. The lowest BCUT2D eigenvalue weighted by Crippen LogP contribution is -2.17. The third kappa shape index (κ3) is 6.41. The van der Waals surface area contributed by atoms with E-state index in [1.165, 1.54) is 21.5 Å². The standard InChI is InChI=1S/C48H50O2/c1-45(2,3)37-25-29(26-38(43(37)49)46(4,5)6)13-15-31-17-19-33-22-24-36-32(18-20-34-21-23-35(31)41(33)42(34)36)16-14-30-27-39(47(7,8)9)44(50)40(28-30)48(10,11)12/h17-28,49-50H,1-12H3. The van der Waals surface area contributed by atoms with Crippen molar-refractivity contribution in [2.75, 3.05) is 0 Å². The molecule has 0 aromatic heterocycles. The highest BCUT2D eigenvalue weighted by Gasteiger charge is 2.27. The van der Waals surface area contributed by atoms with Gasteiger partial charge in [-0.05, 0) is 90.4 Å². The van der Waals surface area contributed by atoms with Crippen LogP contribution in [0.15, 0.2) is 72.8 Å². The molecule has 50 heavy (non-hydrogen) atoms. The summed E-state index contributed by atoms with van der Waals surface area (Å²) < 4.78 is 0. The van der Waals surface area contributed by atoms with Gasteiger partial charge in [-0.2, -0.15) is 0 Å². The minimum absolute atomic E-state index is 0.221. The highest BCUT2D eigenvalue weighted by molar-refractivity contribution is 6.24. The molecule has 6 aromatic carbocycles. The number of hydrogen-bond acceptors (Lipinski definition) is 2. The van der Waals surface area contributed by atoms with Crippen molar-refractivity contribution in [3.63, 3.8) is 0 Å². The molecule has 0 saturated carbocycles. The smallest absolute Gasteiger partial charge is 0.123 e. The Morgan fingerprint density at radius 2 is 0.660 bits per heavy atom. The topological polar surface area (TPSA) is 40.5 Å². The monoisotopic (exact) mass is 658 g/mol. The molecule has 2 heteroatoms. The van der Waals surface area contributed by atoms with Crippen LogP contribution in [0.3, 0.4) is 0 Å². The van der Waals surface area contributed by atoms with Gasteiger partial charge in [-0.3, -0.25) is 0 Å². The fourth-order valence-electron chi connectivity index (χ4n) is 7.00. The summed E-state index contributed by atoms with van der Waals surface area (Å²) in [6.07, 6.45) is 0. The first-order valence-electron chi connectivity index (χ1n) is 17.6. The number of hydrogen-bond donors (Lipinski definition) is 2. The van der Waals surface area contributed by atoms with Crippen LogP contribution in [0, 0.1) is 23.7 Å². The van der Waals surface area contributed by atoms with Gasteiger partial charge in [0, 0.05) is 44.5 Å². The fourth-order valence-corrected chi connectivity index (χ4v) is 7.00. The molecule has 0 heterocycles. The van der Waals surface area contributed by atoms with Gasteiger partial charge in [0.15, 0.2) is 0 Å². The van der Waals surface area contributed by atoms with Crippen LogP contribution in [0.25, 0.3) is 32.3 Å². The molecule has 0 atom stereocenters. The summed E-state index contributed by atoms with van der Waals surface area (Å²) in [4.78, 5) is 0. The second kappa shape index (κ2) is 11.9. The lowest BCUT2D eigenvalue weighted by molar-refractivity contribution is 0.422. The maximum absolute atomic E-state index is 11.2. The Labute approximate surface area is 298 Å². The van der Waals surface area contributed by atoms with Crippen LogP contribution < -0.4 is 0 Å². The molecule has 254 valence electrons. The van der Waals surface area contributed by atoms with E-state index in [0.717, 1.165) is 55.3 Å². The van der Waals surface area contributed by atoms with Crippen molar-refractivity contribution < 1.29 is 10.2 Å². The molecule has 6 aromatic rings. The predicted octanol–water partition coefficient (Wildman–Crippen LogP) is 12.0. The highest BCUT2D eigenvalue weighted by Crippen LogP contribution is 2.42. The first-order chi connectivity index (χ1) is 23.1. The molecular formula is C48H50O2. The van der Waals surface area contributed by atoms with Crippen LogP contribution in [0.1, 0.15) is 128 Å². The van der Waals surface area contributed by atoms with Crippen molar-refractivity contribution in [1.82, 2.24) is 0 Å². The van der Waals surface area contributed by atoms with E-state index in [1.54, 1.807) is 0 Å². The molecule has 0 spiro atoms. The summed E-state index contributed by atoms with van der Waals surface area (Å²) in [5, 5.41) is 29.4. The maximum atomic E-state index is 11.2. The van der Waals surface area contributed by atoms with Crippen molar-refractivity contribution in [3.8, 4) is 35.2 Å². The van der Waals surface area contributed by atoms with Gasteiger partial charge in [0.1, 0.15) is 11.5 Å². The molecule has 0 aliphatic rings. The SMILES string of the molecule is CC(C)(C)c1cc(C#Cc2ccc3ccc4c(C#Cc5cc(C(C)(C)C)c(O)c(C(C)(C)C)c5)ccc5ccc2c3c54)cc(C(C)(C)C)c1O. The van der Waals surface area contributed by atoms with E-state index in [4.69, 9.17) is 0 Å². The van der Waals surface area contributed by atoms with Gasteiger partial charge in [0.2, 0.25) is 0 Å². The second-order valence-electron chi connectivity index (χ2n) is 18.0. The largest absolute Gasteiger partial charge is 0.507 e. The molecule has 0 fully saturated rings. The second-order valence-corrected chi connectivity index (χ2v) is 18.0. The summed E-state index contributed by atoms with van der Waals surface area (Å²) in [7, 11) is 0. The minimum atomic E-state index is -0.221. The van der Waals surface area contributed by atoms with Crippen molar-refractivity contribution >= 4 is 32.3 Å². The third-order valence-electron chi connectivity index (χ3n) is 9.80. The van der Waals surface area contributed by atoms with Crippen LogP contribution in [-0.2, 0) is 21.7 Å². The van der Waals surface area contributed by atoms with E-state index < -0.39 is 0 Å². The molecule has 0 amide bonds. The molecule has 2 N–H and O–H groups in total. The van der Waals surface area contributed by atoms with E-state index >= 15 is 0 Å². The van der Waals surface area contributed by atoms with Crippen molar-refractivity contribution in [3.05, 3.63) is 117 Å². The van der Waals surface area contributed by atoms with Gasteiger partial charge in [-0.1, -0.05) is 143 Å². The van der Waals surface area contributed by atoms with Crippen LogP contribution in [0.2, 0.25) is 0 Å². The zero-order valence-electron chi connectivity index (χ0n) is 31.8. The summed E-state index contributed by atoms with van der Waals surface area (Å²) in [6.45, 7) is 25.5. The minimum Gasteiger partial charge on any atom is -0.507 e. The normalized spacial score (nSPS) is 12.6. The molecular weight excluding hydrogens is 609 g/mol. The Morgan fingerprint density at radius 1 is 0.380 bits per heavy atom. The number of rotatable bonds is 0. The first kappa shape index (κ1) is 34.9. The molecule has 0 saturated heterocycles. The highest BCUT2D eigenvalue weighted by atomic mass is 16.3. The van der Waals surface area contributed by atoms with Crippen molar-refractivity contribution in [1.29, 1.82) is 0 Å². The molecule has 0 aliphatic heterocycles. The summed E-state index contributed by atoms with van der Waals surface area (Å²) >= 11 is 0. The van der Waals surface area contributed by atoms with Gasteiger partial charge in [0.25, 0.3) is 0 Å². The fraction of sp³-hybridized carbons (Fsp3) is 0.333. The number of aromatic hydroxyl groups is 2. The van der Waals surface area contributed by atoms with Crippen LogP contribution >= 0.6 is 0 Å². The average Bonchev–Trinajstić information content (AvgIpc) is 3.00. The van der Waals surface area contributed by atoms with E-state index in [0.29, 0.717) is 11.5 Å². The molecule has 6 rings (SSSR count). The van der Waals surface area contributed by atoms with Gasteiger partial charge < -0.3 is 10.2 Å². The lowest BCUT2D eigenvalue weighted by atomic mass is 9.78. The molecule has 2 nitrogen and oxygen atoms in total. The Morgan fingerprint density at radius 3 is 0.940 bits per heavy atom. The van der Waals surface area contributed by atoms with E-state index in [-0.39, 0.29) is 21.7 Å². The van der Waals surface area contributed by atoms with Crippen molar-refractivity contribution in [2.24, 2.45) is 0 Å². The van der Waals surface area contributed by atoms with E-state index in [1.807, 2.05) is 24.3 Å². The van der Waals surface area contributed by atoms with Gasteiger partial charge >= 0.3 is 0 Å². The Kier molecular flexibility index (Phi) is 8.28. The van der Waals surface area contributed by atoms with E-state index in [9.17, 15) is 10.2 Å².